The summed E-state index contributed by atoms with van der Waals surface area (Å²) in [6.07, 6.45) is 3.56. The van der Waals surface area contributed by atoms with Crippen molar-refractivity contribution >= 4 is 0 Å². The predicted molar refractivity (Wildman–Crippen MR) is 64.5 cm³/mol. The molecule has 16 heavy (non-hydrogen) atoms. The Kier molecular flexibility index (Phi) is 3.20. The zero-order valence-electron chi connectivity index (χ0n) is 9.60. The maximum Gasteiger partial charge on any atom is 0.125 e. The molecule has 82 valence electrons. The number of hydrogen-bond acceptors (Lipinski definition) is 2. The molecule has 0 saturated heterocycles. The van der Waals surface area contributed by atoms with Crippen molar-refractivity contribution < 1.29 is 4.74 Å². The van der Waals surface area contributed by atoms with Gasteiger partial charge in [-0.2, -0.15) is 0 Å². The Hall–Kier alpha value is -1.83. The Labute approximate surface area is 95.9 Å². The molecular weight excluding hydrogens is 198 g/mol. The molecule has 0 fully saturated rings. The van der Waals surface area contributed by atoms with E-state index in [9.17, 15) is 0 Å². The second-order valence-corrected chi connectivity index (χ2v) is 3.87. The van der Waals surface area contributed by atoms with Crippen LogP contribution in [-0.2, 0) is 6.61 Å². The summed E-state index contributed by atoms with van der Waals surface area (Å²) in [5.74, 6) is 0.985. The van der Waals surface area contributed by atoms with Crippen molar-refractivity contribution in [3.63, 3.8) is 0 Å². The largest absolute Gasteiger partial charge is 0.488 e. The van der Waals surface area contributed by atoms with Crippen LogP contribution in [0.2, 0.25) is 0 Å². The summed E-state index contributed by atoms with van der Waals surface area (Å²) >= 11 is 0. The molecule has 1 aromatic heterocycles. The summed E-state index contributed by atoms with van der Waals surface area (Å²) in [5.41, 5.74) is 3.49. The number of para-hydroxylation sites is 1. The van der Waals surface area contributed by atoms with E-state index < -0.39 is 0 Å². The molecule has 0 saturated carbocycles. The average molecular weight is 213 g/mol. The van der Waals surface area contributed by atoms with Crippen LogP contribution in [0.4, 0.5) is 0 Å². The lowest BCUT2D eigenvalue weighted by Crippen LogP contribution is -1.98. The van der Waals surface area contributed by atoms with Gasteiger partial charge >= 0.3 is 0 Å². The number of benzene rings is 1. The minimum atomic E-state index is 0.591. The van der Waals surface area contributed by atoms with Gasteiger partial charge in [0, 0.05) is 12.4 Å². The van der Waals surface area contributed by atoms with E-state index in [0.29, 0.717) is 6.61 Å². The molecule has 0 unspecified atom stereocenters. The zero-order chi connectivity index (χ0) is 11.4. The highest BCUT2D eigenvalue weighted by molar-refractivity contribution is 5.39. The molecular formula is C14H15NO. The highest BCUT2D eigenvalue weighted by Gasteiger charge is 2.02. The molecule has 2 rings (SSSR count). The van der Waals surface area contributed by atoms with Crippen LogP contribution in [0.3, 0.4) is 0 Å². The first kappa shape index (κ1) is 10.7. The van der Waals surface area contributed by atoms with Crippen LogP contribution in [0.1, 0.15) is 16.7 Å². The summed E-state index contributed by atoms with van der Waals surface area (Å²) in [6, 6.07) is 10.1. The summed E-state index contributed by atoms with van der Waals surface area (Å²) in [5, 5.41) is 0. The molecule has 0 amide bonds. The van der Waals surface area contributed by atoms with Crippen LogP contribution in [0, 0.1) is 13.8 Å². The van der Waals surface area contributed by atoms with E-state index in [1.165, 1.54) is 11.1 Å². The van der Waals surface area contributed by atoms with Crippen molar-refractivity contribution in [2.24, 2.45) is 0 Å². The highest BCUT2D eigenvalue weighted by Crippen LogP contribution is 2.23. The highest BCUT2D eigenvalue weighted by atomic mass is 16.5. The lowest BCUT2D eigenvalue weighted by Gasteiger charge is -2.11. The van der Waals surface area contributed by atoms with Gasteiger partial charge in [0.15, 0.2) is 0 Å². The number of hydrogen-bond donors (Lipinski definition) is 0. The third-order valence-corrected chi connectivity index (χ3v) is 2.54. The molecule has 0 aliphatic heterocycles. The van der Waals surface area contributed by atoms with Crippen molar-refractivity contribution in [2.45, 2.75) is 20.5 Å². The van der Waals surface area contributed by atoms with Gasteiger partial charge in [0.1, 0.15) is 12.4 Å². The Morgan fingerprint density at radius 1 is 1.00 bits per heavy atom. The van der Waals surface area contributed by atoms with Crippen molar-refractivity contribution in [1.82, 2.24) is 4.98 Å². The standard InChI is InChI=1S/C14H15NO/c1-11-4-3-5-12(2)14(11)16-10-13-6-8-15-9-7-13/h3-9H,10H2,1-2H3. The van der Waals surface area contributed by atoms with Gasteiger partial charge in [-0.1, -0.05) is 18.2 Å². The first-order chi connectivity index (χ1) is 7.77. The molecule has 0 radical (unpaired) electrons. The molecule has 0 bridgehead atoms. The van der Waals surface area contributed by atoms with E-state index in [1.807, 2.05) is 18.2 Å². The number of aryl methyl sites for hydroxylation is 2. The summed E-state index contributed by atoms with van der Waals surface area (Å²) in [4.78, 5) is 3.98. The average Bonchev–Trinajstić information content (AvgIpc) is 2.30. The molecule has 2 heteroatoms. The van der Waals surface area contributed by atoms with Gasteiger partial charge in [0.25, 0.3) is 0 Å². The third-order valence-electron chi connectivity index (χ3n) is 2.54. The number of aromatic nitrogens is 1. The van der Waals surface area contributed by atoms with Gasteiger partial charge in [0.2, 0.25) is 0 Å². The predicted octanol–water partition coefficient (Wildman–Crippen LogP) is 3.28. The van der Waals surface area contributed by atoms with Crippen molar-refractivity contribution in [3.05, 3.63) is 59.4 Å². The fourth-order valence-corrected chi connectivity index (χ4v) is 1.66. The lowest BCUT2D eigenvalue weighted by molar-refractivity contribution is 0.302. The number of ether oxygens (including phenoxy) is 1. The molecule has 1 aromatic carbocycles. The van der Waals surface area contributed by atoms with Crippen molar-refractivity contribution in [3.8, 4) is 5.75 Å². The smallest absolute Gasteiger partial charge is 0.125 e. The lowest BCUT2D eigenvalue weighted by atomic mass is 10.1. The van der Waals surface area contributed by atoms with Gasteiger partial charge in [0.05, 0.1) is 0 Å². The topological polar surface area (TPSA) is 22.1 Å². The third kappa shape index (κ3) is 2.40. The molecule has 1 heterocycles. The summed E-state index contributed by atoms with van der Waals surface area (Å²) in [7, 11) is 0. The first-order valence-corrected chi connectivity index (χ1v) is 5.35. The maximum atomic E-state index is 5.83. The fraction of sp³-hybridized carbons (Fsp3) is 0.214. The minimum Gasteiger partial charge on any atom is -0.488 e. The Morgan fingerprint density at radius 3 is 2.25 bits per heavy atom. The fourth-order valence-electron chi connectivity index (χ4n) is 1.66. The molecule has 0 atom stereocenters. The van der Waals surface area contributed by atoms with Gasteiger partial charge < -0.3 is 4.74 Å². The first-order valence-electron chi connectivity index (χ1n) is 5.35. The molecule has 0 aliphatic rings. The number of nitrogens with zero attached hydrogens (tertiary/aromatic N) is 1. The Bertz CT molecular complexity index is 445. The van der Waals surface area contributed by atoms with Gasteiger partial charge in [-0.05, 0) is 42.7 Å². The minimum absolute atomic E-state index is 0.591. The SMILES string of the molecule is Cc1cccc(C)c1OCc1ccncc1. The summed E-state index contributed by atoms with van der Waals surface area (Å²) < 4.78 is 5.83. The number of rotatable bonds is 3. The molecule has 0 aliphatic carbocycles. The Balaban J connectivity index is 2.11. The van der Waals surface area contributed by atoms with Crippen LogP contribution in [0.5, 0.6) is 5.75 Å². The van der Waals surface area contributed by atoms with Gasteiger partial charge in [-0.3, -0.25) is 4.98 Å². The zero-order valence-corrected chi connectivity index (χ0v) is 9.60. The van der Waals surface area contributed by atoms with E-state index in [2.05, 4.69) is 31.0 Å². The second kappa shape index (κ2) is 4.79. The monoisotopic (exact) mass is 213 g/mol. The molecule has 2 nitrogen and oxygen atoms in total. The molecule has 0 N–H and O–H groups in total. The van der Waals surface area contributed by atoms with Crippen molar-refractivity contribution in [2.75, 3.05) is 0 Å². The van der Waals surface area contributed by atoms with Gasteiger partial charge in [-0.25, -0.2) is 0 Å². The van der Waals surface area contributed by atoms with E-state index in [1.54, 1.807) is 12.4 Å². The van der Waals surface area contributed by atoms with E-state index in [4.69, 9.17) is 4.74 Å². The van der Waals surface area contributed by atoms with E-state index in [0.717, 1.165) is 11.3 Å². The second-order valence-electron chi connectivity index (χ2n) is 3.87. The Morgan fingerprint density at radius 2 is 1.62 bits per heavy atom. The maximum absolute atomic E-state index is 5.83. The number of pyridine rings is 1. The van der Waals surface area contributed by atoms with Crippen LogP contribution >= 0.6 is 0 Å². The normalized spacial score (nSPS) is 10.1. The van der Waals surface area contributed by atoms with Crippen LogP contribution in [0.25, 0.3) is 0 Å². The van der Waals surface area contributed by atoms with Crippen LogP contribution < -0.4 is 4.74 Å². The van der Waals surface area contributed by atoms with E-state index in [-0.39, 0.29) is 0 Å². The summed E-state index contributed by atoms with van der Waals surface area (Å²) in [6.45, 7) is 4.72. The van der Waals surface area contributed by atoms with E-state index >= 15 is 0 Å². The molecule has 0 spiro atoms. The van der Waals surface area contributed by atoms with Crippen LogP contribution in [0.15, 0.2) is 42.7 Å². The molecule has 2 aromatic rings. The quantitative estimate of drug-likeness (QED) is 0.780. The van der Waals surface area contributed by atoms with Gasteiger partial charge in [-0.15, -0.1) is 0 Å². The van der Waals surface area contributed by atoms with Crippen molar-refractivity contribution in [1.29, 1.82) is 0 Å². The van der Waals surface area contributed by atoms with Crippen LogP contribution in [-0.4, -0.2) is 4.98 Å².